The van der Waals surface area contributed by atoms with E-state index in [2.05, 4.69) is 0 Å². The van der Waals surface area contributed by atoms with Crippen molar-refractivity contribution >= 4 is 23.0 Å². The summed E-state index contributed by atoms with van der Waals surface area (Å²) < 4.78 is 37.0. The van der Waals surface area contributed by atoms with Crippen molar-refractivity contribution in [1.29, 1.82) is 0 Å². The van der Waals surface area contributed by atoms with Crippen LogP contribution in [-0.4, -0.2) is 41.5 Å². The van der Waals surface area contributed by atoms with Crippen LogP contribution in [0.25, 0.3) is 17.0 Å². The van der Waals surface area contributed by atoms with E-state index in [0.717, 1.165) is 0 Å². The number of fused-ring (bicyclic) bond motifs is 1. The van der Waals surface area contributed by atoms with Gasteiger partial charge in [-0.25, -0.2) is 9.59 Å². The van der Waals surface area contributed by atoms with Gasteiger partial charge in [0.05, 0.1) is 35.5 Å². The lowest BCUT2D eigenvalue weighted by atomic mass is 10.1. The van der Waals surface area contributed by atoms with Crippen molar-refractivity contribution in [3.8, 4) is 28.7 Å². The van der Waals surface area contributed by atoms with Crippen molar-refractivity contribution in [3.05, 3.63) is 58.0 Å². The third-order valence-corrected chi connectivity index (χ3v) is 4.80. The van der Waals surface area contributed by atoms with Crippen molar-refractivity contribution in [2.45, 2.75) is 6.61 Å². The fourth-order valence-electron chi connectivity index (χ4n) is 3.23. The molecule has 1 heterocycles. The smallest absolute Gasteiger partial charge is 0.336 e. The third kappa shape index (κ3) is 5.20. The van der Waals surface area contributed by atoms with Gasteiger partial charge < -0.3 is 32.8 Å². The Kier molecular flexibility index (Phi) is 7.45. The van der Waals surface area contributed by atoms with E-state index < -0.39 is 11.6 Å². The number of methoxy groups -OCH3 is 5. The molecular weight excluding hydrogens is 432 g/mol. The van der Waals surface area contributed by atoms with Crippen LogP contribution in [0.5, 0.6) is 28.7 Å². The van der Waals surface area contributed by atoms with Crippen LogP contribution in [0.4, 0.5) is 0 Å². The zero-order valence-corrected chi connectivity index (χ0v) is 18.9. The lowest BCUT2D eigenvalue weighted by Gasteiger charge is -2.12. The number of carbonyl (C=O) groups is 1. The van der Waals surface area contributed by atoms with E-state index in [0.29, 0.717) is 50.8 Å². The number of hydrogen-bond acceptors (Lipinski definition) is 9. The highest BCUT2D eigenvalue weighted by molar-refractivity contribution is 5.88. The van der Waals surface area contributed by atoms with Gasteiger partial charge in [0.25, 0.3) is 0 Å². The minimum Gasteiger partial charge on any atom is -0.493 e. The molecule has 0 unspecified atom stereocenters. The molecule has 0 saturated carbocycles. The Hall–Kier alpha value is -4.14. The summed E-state index contributed by atoms with van der Waals surface area (Å²) in [5, 5.41) is 0.564. The summed E-state index contributed by atoms with van der Waals surface area (Å²) in [6, 6.07) is 7.86. The number of carbonyl (C=O) groups excluding carboxylic acids is 1. The monoisotopic (exact) mass is 456 g/mol. The Bertz CT molecular complexity index is 1220. The number of esters is 1. The number of hydrogen-bond donors (Lipinski definition) is 0. The number of rotatable bonds is 9. The first-order chi connectivity index (χ1) is 15.9. The normalized spacial score (nSPS) is 10.8. The molecule has 9 heteroatoms. The van der Waals surface area contributed by atoms with E-state index in [-0.39, 0.29) is 6.61 Å². The molecule has 0 saturated heterocycles. The molecule has 0 atom stereocenters. The molecule has 0 aliphatic heterocycles. The number of ether oxygens (including phenoxy) is 6. The van der Waals surface area contributed by atoms with Crippen LogP contribution in [0.1, 0.15) is 11.1 Å². The van der Waals surface area contributed by atoms with Crippen LogP contribution in [0, 0.1) is 0 Å². The molecule has 33 heavy (non-hydrogen) atoms. The van der Waals surface area contributed by atoms with Crippen LogP contribution < -0.4 is 29.3 Å². The topological polar surface area (TPSA) is 103 Å². The van der Waals surface area contributed by atoms with E-state index in [4.69, 9.17) is 32.8 Å². The van der Waals surface area contributed by atoms with Gasteiger partial charge in [-0.1, -0.05) is 0 Å². The van der Waals surface area contributed by atoms with E-state index in [9.17, 15) is 9.59 Å². The molecule has 9 nitrogen and oxygen atoms in total. The lowest BCUT2D eigenvalue weighted by molar-refractivity contribution is -0.138. The predicted molar refractivity (Wildman–Crippen MR) is 121 cm³/mol. The highest BCUT2D eigenvalue weighted by Crippen LogP contribution is 2.38. The van der Waals surface area contributed by atoms with E-state index in [1.54, 1.807) is 30.3 Å². The second-order valence-corrected chi connectivity index (χ2v) is 6.69. The van der Waals surface area contributed by atoms with Gasteiger partial charge in [-0.05, 0) is 29.8 Å². The molecule has 3 aromatic rings. The zero-order valence-electron chi connectivity index (χ0n) is 18.9. The predicted octanol–water partition coefficient (Wildman–Crippen LogP) is 3.59. The molecule has 0 amide bonds. The zero-order chi connectivity index (χ0) is 24.0. The minimum atomic E-state index is -0.606. The molecule has 0 radical (unpaired) electrons. The van der Waals surface area contributed by atoms with E-state index >= 15 is 0 Å². The molecule has 0 fully saturated rings. The second-order valence-electron chi connectivity index (χ2n) is 6.69. The summed E-state index contributed by atoms with van der Waals surface area (Å²) in [5.74, 6) is 1.62. The molecule has 0 N–H and O–H groups in total. The first-order valence-corrected chi connectivity index (χ1v) is 9.77. The molecule has 0 aliphatic rings. The van der Waals surface area contributed by atoms with Crippen LogP contribution in [-0.2, 0) is 16.1 Å². The standard InChI is InChI=1S/C24H24O9/c1-27-18-11-16-15(10-23(26)33-17(16)12-19(18)28-2)13-32-22(25)7-6-14-8-20(29-3)24(31-5)21(9-14)30-4/h6-12H,13H2,1-5H3/b7-6+. The summed E-state index contributed by atoms with van der Waals surface area (Å²) in [6.07, 6.45) is 2.82. The maximum Gasteiger partial charge on any atom is 0.336 e. The number of benzene rings is 2. The Labute approximate surface area is 190 Å². The highest BCUT2D eigenvalue weighted by atomic mass is 16.5. The molecule has 0 spiro atoms. The van der Waals surface area contributed by atoms with Crippen LogP contribution in [0.15, 0.2) is 45.6 Å². The van der Waals surface area contributed by atoms with Crippen LogP contribution in [0.2, 0.25) is 0 Å². The molecule has 0 bridgehead atoms. The maximum atomic E-state index is 12.3. The highest BCUT2D eigenvalue weighted by Gasteiger charge is 2.14. The van der Waals surface area contributed by atoms with Gasteiger partial charge in [0, 0.05) is 29.2 Å². The van der Waals surface area contributed by atoms with Gasteiger partial charge in [0.15, 0.2) is 23.0 Å². The van der Waals surface area contributed by atoms with Crippen molar-refractivity contribution in [3.63, 3.8) is 0 Å². The largest absolute Gasteiger partial charge is 0.493 e. The van der Waals surface area contributed by atoms with Gasteiger partial charge in [-0.2, -0.15) is 0 Å². The Balaban J connectivity index is 1.81. The third-order valence-electron chi connectivity index (χ3n) is 4.80. The molecule has 2 aromatic carbocycles. The SMILES string of the molecule is COc1cc2oc(=O)cc(COC(=O)/C=C/c3cc(OC)c(OC)c(OC)c3)c2cc1OC. The molecule has 0 aliphatic carbocycles. The second kappa shape index (κ2) is 10.4. The fraction of sp³-hybridized carbons (Fsp3) is 0.250. The van der Waals surface area contributed by atoms with Crippen molar-refractivity contribution in [1.82, 2.24) is 0 Å². The van der Waals surface area contributed by atoms with Gasteiger partial charge in [-0.15, -0.1) is 0 Å². The molecule has 1 aromatic heterocycles. The van der Waals surface area contributed by atoms with Crippen molar-refractivity contribution in [2.24, 2.45) is 0 Å². The van der Waals surface area contributed by atoms with Gasteiger partial charge in [0.2, 0.25) is 5.75 Å². The van der Waals surface area contributed by atoms with E-state index in [1.165, 1.54) is 47.7 Å². The molecule has 174 valence electrons. The van der Waals surface area contributed by atoms with Gasteiger partial charge in [-0.3, -0.25) is 0 Å². The lowest BCUT2D eigenvalue weighted by Crippen LogP contribution is -2.06. The van der Waals surface area contributed by atoms with Gasteiger partial charge in [0.1, 0.15) is 12.2 Å². The van der Waals surface area contributed by atoms with E-state index in [1.807, 2.05) is 0 Å². The fourth-order valence-corrected chi connectivity index (χ4v) is 3.23. The van der Waals surface area contributed by atoms with Crippen molar-refractivity contribution in [2.75, 3.05) is 35.5 Å². The molecular formula is C24H24O9. The Morgan fingerprint density at radius 1 is 0.818 bits per heavy atom. The Morgan fingerprint density at radius 2 is 1.42 bits per heavy atom. The summed E-state index contributed by atoms with van der Waals surface area (Å²) in [4.78, 5) is 24.3. The van der Waals surface area contributed by atoms with Gasteiger partial charge >= 0.3 is 11.6 Å². The average Bonchev–Trinajstić information content (AvgIpc) is 2.84. The summed E-state index contributed by atoms with van der Waals surface area (Å²) in [6.45, 7) is -0.143. The first-order valence-electron chi connectivity index (χ1n) is 9.77. The summed E-state index contributed by atoms with van der Waals surface area (Å²) in [7, 11) is 7.49. The quantitative estimate of drug-likeness (QED) is 0.271. The minimum absolute atomic E-state index is 0.143. The summed E-state index contributed by atoms with van der Waals surface area (Å²) in [5.41, 5.74) is 0.828. The average molecular weight is 456 g/mol. The van der Waals surface area contributed by atoms with Crippen LogP contribution >= 0.6 is 0 Å². The summed E-state index contributed by atoms with van der Waals surface area (Å²) >= 11 is 0. The molecule has 3 rings (SSSR count). The first kappa shape index (κ1) is 23.5. The van der Waals surface area contributed by atoms with Crippen LogP contribution in [0.3, 0.4) is 0 Å². The van der Waals surface area contributed by atoms with Crippen molar-refractivity contribution < 1.29 is 37.6 Å². The Morgan fingerprint density at radius 3 is 2.00 bits per heavy atom. The maximum absolute atomic E-state index is 12.3.